The van der Waals surface area contributed by atoms with Crippen LogP contribution in [0.25, 0.3) is 0 Å². The van der Waals surface area contributed by atoms with Crippen molar-refractivity contribution in [2.24, 2.45) is 11.7 Å². The zero-order chi connectivity index (χ0) is 20.8. The molecule has 5 nitrogen and oxygen atoms in total. The standard InChI is InChI=1S/C24H30N2O3/c1-3-17(2)22(19-12-8-5-9-13-19)23(27)29-21-14-15-26(24(25)28)16-20(21)18-10-6-4-7-11-18/h4-13,17,20-22H,3,14-16H2,1-2H3,(H2,25,28). The lowest BCUT2D eigenvalue weighted by Gasteiger charge is -2.38. The van der Waals surface area contributed by atoms with Crippen molar-refractivity contribution in [2.75, 3.05) is 13.1 Å². The Bertz CT molecular complexity index is 809. The lowest BCUT2D eigenvalue weighted by molar-refractivity contribution is -0.155. The average Bonchev–Trinajstić information content (AvgIpc) is 2.75. The van der Waals surface area contributed by atoms with Crippen LogP contribution in [0, 0.1) is 5.92 Å². The summed E-state index contributed by atoms with van der Waals surface area (Å²) in [7, 11) is 0. The summed E-state index contributed by atoms with van der Waals surface area (Å²) in [6, 6.07) is 19.3. The summed E-state index contributed by atoms with van der Waals surface area (Å²) < 4.78 is 6.11. The van der Waals surface area contributed by atoms with Gasteiger partial charge in [-0.05, 0) is 17.0 Å². The molecule has 2 amide bonds. The summed E-state index contributed by atoms with van der Waals surface area (Å²) in [6.45, 7) is 5.13. The zero-order valence-corrected chi connectivity index (χ0v) is 17.2. The van der Waals surface area contributed by atoms with Gasteiger partial charge in [-0.15, -0.1) is 0 Å². The Labute approximate surface area is 172 Å². The lowest BCUT2D eigenvalue weighted by Crippen LogP contribution is -2.48. The van der Waals surface area contributed by atoms with Gasteiger partial charge in [-0.1, -0.05) is 80.9 Å². The van der Waals surface area contributed by atoms with Gasteiger partial charge in [0.25, 0.3) is 0 Å². The number of hydrogen-bond donors (Lipinski definition) is 1. The molecule has 1 aliphatic rings. The van der Waals surface area contributed by atoms with E-state index in [-0.39, 0.29) is 29.8 Å². The van der Waals surface area contributed by atoms with Crippen LogP contribution < -0.4 is 5.73 Å². The normalized spacial score (nSPS) is 21.2. The molecule has 0 saturated carbocycles. The Morgan fingerprint density at radius 1 is 1.10 bits per heavy atom. The molecule has 1 aliphatic heterocycles. The fourth-order valence-corrected chi connectivity index (χ4v) is 4.11. The molecule has 4 unspecified atom stereocenters. The summed E-state index contributed by atoms with van der Waals surface area (Å²) in [5, 5.41) is 0. The first-order valence-electron chi connectivity index (χ1n) is 10.4. The first kappa shape index (κ1) is 20.9. The Morgan fingerprint density at radius 3 is 2.31 bits per heavy atom. The monoisotopic (exact) mass is 394 g/mol. The van der Waals surface area contributed by atoms with Crippen molar-refractivity contribution in [1.29, 1.82) is 0 Å². The van der Waals surface area contributed by atoms with Crippen molar-refractivity contribution in [2.45, 2.75) is 44.6 Å². The number of amides is 2. The summed E-state index contributed by atoms with van der Waals surface area (Å²) in [5.41, 5.74) is 7.55. The number of urea groups is 1. The van der Waals surface area contributed by atoms with E-state index in [1.807, 2.05) is 60.7 Å². The molecule has 0 aromatic heterocycles. The molecule has 0 spiro atoms. The first-order chi connectivity index (χ1) is 14.0. The average molecular weight is 395 g/mol. The fraction of sp³-hybridized carbons (Fsp3) is 0.417. The number of nitrogens with zero attached hydrogens (tertiary/aromatic N) is 1. The molecule has 2 N–H and O–H groups in total. The highest BCUT2D eigenvalue weighted by Crippen LogP contribution is 2.34. The van der Waals surface area contributed by atoms with E-state index in [4.69, 9.17) is 10.5 Å². The van der Waals surface area contributed by atoms with Gasteiger partial charge in [0, 0.05) is 25.4 Å². The fourth-order valence-electron chi connectivity index (χ4n) is 4.11. The maximum absolute atomic E-state index is 13.3. The number of ether oxygens (including phenoxy) is 1. The van der Waals surface area contributed by atoms with Gasteiger partial charge in [0.15, 0.2) is 0 Å². The van der Waals surface area contributed by atoms with E-state index in [9.17, 15) is 9.59 Å². The molecule has 1 fully saturated rings. The molecule has 0 radical (unpaired) electrons. The number of nitrogens with two attached hydrogens (primary N) is 1. The zero-order valence-electron chi connectivity index (χ0n) is 17.2. The number of primary amides is 1. The van der Waals surface area contributed by atoms with E-state index >= 15 is 0 Å². The largest absolute Gasteiger partial charge is 0.461 e. The Morgan fingerprint density at radius 2 is 1.72 bits per heavy atom. The van der Waals surface area contributed by atoms with E-state index in [0.29, 0.717) is 19.5 Å². The van der Waals surface area contributed by atoms with Crippen molar-refractivity contribution in [3.8, 4) is 0 Å². The van der Waals surface area contributed by atoms with Crippen molar-refractivity contribution in [3.63, 3.8) is 0 Å². The van der Waals surface area contributed by atoms with Gasteiger partial charge in [0.1, 0.15) is 6.10 Å². The predicted molar refractivity (Wildman–Crippen MR) is 113 cm³/mol. The van der Waals surface area contributed by atoms with Crippen LogP contribution in [-0.2, 0) is 9.53 Å². The van der Waals surface area contributed by atoms with Crippen LogP contribution in [0.3, 0.4) is 0 Å². The van der Waals surface area contributed by atoms with Gasteiger partial charge in [-0.3, -0.25) is 4.79 Å². The number of carbonyl (C=O) groups excluding carboxylic acids is 2. The van der Waals surface area contributed by atoms with Gasteiger partial charge in [-0.25, -0.2) is 4.79 Å². The third-order valence-corrected chi connectivity index (χ3v) is 5.98. The minimum absolute atomic E-state index is 0.0882. The van der Waals surface area contributed by atoms with E-state index in [1.54, 1.807) is 4.90 Å². The van der Waals surface area contributed by atoms with Crippen LogP contribution in [0.15, 0.2) is 60.7 Å². The van der Waals surface area contributed by atoms with Gasteiger partial charge in [-0.2, -0.15) is 0 Å². The van der Waals surface area contributed by atoms with Crippen molar-refractivity contribution < 1.29 is 14.3 Å². The van der Waals surface area contributed by atoms with Gasteiger partial charge in [0.2, 0.25) is 0 Å². The number of carbonyl (C=O) groups is 2. The molecule has 3 rings (SSSR count). The molecule has 0 bridgehead atoms. The molecule has 2 aromatic rings. The third-order valence-electron chi connectivity index (χ3n) is 5.98. The van der Waals surface area contributed by atoms with Gasteiger partial charge in [0.05, 0.1) is 5.92 Å². The number of esters is 1. The number of hydrogen-bond acceptors (Lipinski definition) is 3. The van der Waals surface area contributed by atoms with E-state index in [1.165, 1.54) is 0 Å². The molecule has 0 aliphatic carbocycles. The topological polar surface area (TPSA) is 72.6 Å². The third kappa shape index (κ3) is 4.97. The summed E-state index contributed by atoms with van der Waals surface area (Å²) in [4.78, 5) is 26.6. The Kier molecular flexibility index (Phi) is 6.91. The van der Waals surface area contributed by atoms with Gasteiger partial charge >= 0.3 is 12.0 Å². The first-order valence-corrected chi connectivity index (χ1v) is 10.4. The minimum atomic E-state index is -0.433. The van der Waals surface area contributed by atoms with E-state index < -0.39 is 6.03 Å². The minimum Gasteiger partial charge on any atom is -0.461 e. The highest BCUT2D eigenvalue weighted by atomic mass is 16.5. The molecule has 1 heterocycles. The Hall–Kier alpha value is -2.82. The molecular weight excluding hydrogens is 364 g/mol. The summed E-state index contributed by atoms with van der Waals surface area (Å²) >= 11 is 0. The molecule has 2 aromatic carbocycles. The molecule has 29 heavy (non-hydrogen) atoms. The van der Waals surface area contributed by atoms with Crippen LogP contribution in [0.4, 0.5) is 4.79 Å². The smallest absolute Gasteiger partial charge is 0.314 e. The van der Waals surface area contributed by atoms with Crippen LogP contribution in [-0.4, -0.2) is 36.1 Å². The van der Waals surface area contributed by atoms with E-state index in [0.717, 1.165) is 17.5 Å². The quantitative estimate of drug-likeness (QED) is 0.743. The molecule has 4 atom stereocenters. The highest BCUT2D eigenvalue weighted by molar-refractivity contribution is 5.79. The maximum Gasteiger partial charge on any atom is 0.314 e. The van der Waals surface area contributed by atoms with Gasteiger partial charge < -0.3 is 15.4 Å². The highest BCUT2D eigenvalue weighted by Gasteiger charge is 2.37. The van der Waals surface area contributed by atoms with Crippen LogP contribution in [0.1, 0.15) is 49.7 Å². The summed E-state index contributed by atoms with van der Waals surface area (Å²) in [6.07, 6.45) is 1.18. The second-order valence-electron chi connectivity index (χ2n) is 7.84. The van der Waals surface area contributed by atoms with Crippen molar-refractivity contribution >= 4 is 12.0 Å². The van der Waals surface area contributed by atoms with Crippen LogP contribution >= 0.6 is 0 Å². The second kappa shape index (κ2) is 9.59. The van der Waals surface area contributed by atoms with Crippen molar-refractivity contribution in [3.05, 3.63) is 71.8 Å². The van der Waals surface area contributed by atoms with Crippen molar-refractivity contribution in [1.82, 2.24) is 4.90 Å². The second-order valence-corrected chi connectivity index (χ2v) is 7.84. The number of piperidine rings is 1. The maximum atomic E-state index is 13.3. The SMILES string of the molecule is CCC(C)C(C(=O)OC1CCN(C(N)=O)CC1c1ccccc1)c1ccccc1. The number of likely N-dealkylation sites (tertiary alicyclic amines) is 1. The molecule has 1 saturated heterocycles. The Balaban J connectivity index is 1.83. The predicted octanol–water partition coefficient (Wildman–Crippen LogP) is 4.30. The summed E-state index contributed by atoms with van der Waals surface area (Å²) in [5.74, 6) is -0.406. The molecule has 5 heteroatoms. The van der Waals surface area contributed by atoms with Crippen LogP contribution in [0.2, 0.25) is 0 Å². The van der Waals surface area contributed by atoms with E-state index in [2.05, 4.69) is 13.8 Å². The molecular formula is C24H30N2O3. The number of benzene rings is 2. The molecule has 154 valence electrons. The van der Waals surface area contributed by atoms with Crippen LogP contribution in [0.5, 0.6) is 0 Å². The lowest BCUT2D eigenvalue weighted by atomic mass is 9.84. The number of rotatable bonds is 6.